The van der Waals surface area contributed by atoms with E-state index < -0.39 is 69.0 Å². The van der Waals surface area contributed by atoms with Crippen molar-refractivity contribution in [3.8, 4) is 0 Å². The molecule has 1 aromatic heterocycles. The van der Waals surface area contributed by atoms with Gasteiger partial charge < -0.3 is 9.30 Å². The zero-order chi connectivity index (χ0) is 31.1. The second-order valence-electron chi connectivity index (χ2n) is 9.84. The van der Waals surface area contributed by atoms with Crippen LogP contribution in [-0.2, 0) is 22.5 Å². The van der Waals surface area contributed by atoms with Crippen LogP contribution in [0, 0.1) is 0 Å². The first-order valence-corrected chi connectivity index (χ1v) is 13.4. The molecule has 0 bridgehead atoms. The van der Waals surface area contributed by atoms with Crippen LogP contribution in [0.1, 0.15) is 72.9 Å². The molecule has 1 fully saturated rings. The second kappa shape index (κ2) is 13.9. The summed E-state index contributed by atoms with van der Waals surface area (Å²) in [5.74, 6) is -0.740. The molecule has 0 saturated carbocycles. The molecule has 2 heterocycles. The summed E-state index contributed by atoms with van der Waals surface area (Å²) in [6.07, 6.45) is -7.40. The molecule has 1 saturated heterocycles. The molecule has 3 amide bonds. The van der Waals surface area contributed by atoms with E-state index in [1.165, 1.54) is 19.4 Å². The molecule has 14 heteroatoms. The lowest BCUT2D eigenvalue weighted by Crippen LogP contribution is -2.34. The van der Waals surface area contributed by atoms with E-state index in [1.807, 2.05) is 6.92 Å². The molecule has 0 unspecified atom stereocenters. The van der Waals surface area contributed by atoms with Gasteiger partial charge in [-0.2, -0.15) is 26.3 Å². The van der Waals surface area contributed by atoms with E-state index in [9.17, 15) is 40.7 Å². The lowest BCUT2D eigenvalue weighted by molar-refractivity contribution is -0.137. The van der Waals surface area contributed by atoms with Crippen LogP contribution in [0.4, 0.5) is 31.1 Å². The molecule has 0 spiro atoms. The average Bonchev–Trinajstić information content (AvgIpc) is 3.39. The van der Waals surface area contributed by atoms with Gasteiger partial charge in [0.2, 0.25) is 0 Å². The first-order chi connectivity index (χ1) is 19.7. The summed E-state index contributed by atoms with van der Waals surface area (Å²) in [6.45, 7) is 1.27. The maximum Gasteiger partial charge on any atom is 0.389 e. The summed E-state index contributed by atoms with van der Waals surface area (Å²) < 4.78 is 83.0. The van der Waals surface area contributed by atoms with Gasteiger partial charge in [0.25, 0.3) is 5.91 Å². The number of imidazole rings is 1. The summed E-state index contributed by atoms with van der Waals surface area (Å²) in [5.41, 5.74) is 1.25. The highest BCUT2D eigenvalue weighted by molar-refractivity contribution is 6.13. The highest BCUT2D eigenvalue weighted by Crippen LogP contribution is 2.29. The van der Waals surface area contributed by atoms with Crippen LogP contribution in [0.5, 0.6) is 0 Å². The van der Waals surface area contributed by atoms with Gasteiger partial charge in [0.1, 0.15) is 11.5 Å². The van der Waals surface area contributed by atoms with Crippen LogP contribution in [0.25, 0.3) is 6.08 Å². The minimum Gasteiger partial charge on any atom is -0.465 e. The number of carbonyl (C=O) groups is 3. The first-order valence-electron chi connectivity index (χ1n) is 13.4. The number of halogens is 6. The third kappa shape index (κ3) is 8.83. The maximum absolute atomic E-state index is 13.2. The van der Waals surface area contributed by atoms with Crippen molar-refractivity contribution >= 4 is 24.0 Å². The third-order valence-electron chi connectivity index (χ3n) is 6.62. The fraction of sp³-hybridized carbons (Fsp3) is 0.500. The zero-order valence-corrected chi connectivity index (χ0v) is 23.2. The van der Waals surface area contributed by atoms with Crippen molar-refractivity contribution in [1.82, 2.24) is 19.4 Å². The van der Waals surface area contributed by atoms with Crippen molar-refractivity contribution in [3.63, 3.8) is 0 Å². The number of esters is 1. The van der Waals surface area contributed by atoms with E-state index in [1.54, 1.807) is 28.8 Å². The average molecular weight is 603 g/mol. The summed E-state index contributed by atoms with van der Waals surface area (Å²) in [6, 6.07) is 5.63. The summed E-state index contributed by atoms with van der Waals surface area (Å²) >= 11 is 0. The summed E-state index contributed by atoms with van der Waals surface area (Å²) in [5, 5.41) is 0. The van der Waals surface area contributed by atoms with Crippen molar-refractivity contribution < 1.29 is 45.5 Å². The molecule has 2 aromatic rings. The van der Waals surface area contributed by atoms with Crippen LogP contribution in [-0.4, -0.2) is 69.8 Å². The monoisotopic (exact) mass is 602 g/mol. The Kier molecular flexibility index (Phi) is 10.8. The van der Waals surface area contributed by atoms with Gasteiger partial charge in [-0.3, -0.25) is 14.6 Å². The van der Waals surface area contributed by atoms with E-state index in [0.29, 0.717) is 28.4 Å². The van der Waals surface area contributed by atoms with E-state index in [-0.39, 0.29) is 12.2 Å². The van der Waals surface area contributed by atoms with Gasteiger partial charge in [0.05, 0.1) is 24.6 Å². The Morgan fingerprint density at radius 3 is 2.07 bits per heavy atom. The molecule has 1 aromatic carbocycles. The highest BCUT2D eigenvalue weighted by Gasteiger charge is 2.41. The number of benzene rings is 1. The van der Waals surface area contributed by atoms with Gasteiger partial charge in [-0.05, 0) is 43.0 Å². The number of hydrogen-bond acceptors (Lipinski definition) is 5. The smallest absolute Gasteiger partial charge is 0.389 e. The quantitative estimate of drug-likeness (QED) is 0.116. The molecular formula is C28H32F6N4O4. The normalized spacial score (nSPS) is 15.3. The molecular weight excluding hydrogens is 570 g/mol. The number of rotatable bonds is 13. The molecule has 0 radical (unpaired) electrons. The van der Waals surface area contributed by atoms with Crippen LogP contribution in [0.3, 0.4) is 0 Å². The molecule has 230 valence electrons. The van der Waals surface area contributed by atoms with E-state index >= 15 is 0 Å². The van der Waals surface area contributed by atoms with E-state index in [0.717, 1.165) is 23.3 Å². The predicted molar refractivity (Wildman–Crippen MR) is 140 cm³/mol. The van der Waals surface area contributed by atoms with Crippen LogP contribution >= 0.6 is 0 Å². The minimum absolute atomic E-state index is 0.238. The summed E-state index contributed by atoms with van der Waals surface area (Å²) in [7, 11) is 1.26. The van der Waals surface area contributed by atoms with Crippen molar-refractivity contribution in [1.29, 1.82) is 0 Å². The van der Waals surface area contributed by atoms with Crippen molar-refractivity contribution in [3.05, 3.63) is 58.8 Å². The molecule has 0 aliphatic carbocycles. The number of urea groups is 1. The third-order valence-corrected chi connectivity index (χ3v) is 6.62. The Bertz CT molecular complexity index is 1280. The number of aryl methyl sites for hydroxylation is 1. The van der Waals surface area contributed by atoms with Crippen LogP contribution in [0.2, 0.25) is 0 Å². The van der Waals surface area contributed by atoms with Gasteiger partial charge in [-0.25, -0.2) is 14.6 Å². The fourth-order valence-corrected chi connectivity index (χ4v) is 4.47. The number of unbranched alkanes of at least 4 members (excludes halogenated alkanes) is 1. The molecule has 42 heavy (non-hydrogen) atoms. The summed E-state index contributed by atoms with van der Waals surface area (Å²) in [4.78, 5) is 44.0. The Morgan fingerprint density at radius 1 is 0.929 bits per heavy atom. The van der Waals surface area contributed by atoms with Crippen molar-refractivity contribution in [2.24, 2.45) is 0 Å². The van der Waals surface area contributed by atoms with E-state index in [4.69, 9.17) is 4.74 Å². The van der Waals surface area contributed by atoms with Gasteiger partial charge in [-0.15, -0.1) is 0 Å². The zero-order valence-electron chi connectivity index (χ0n) is 23.2. The highest BCUT2D eigenvalue weighted by atomic mass is 19.4. The van der Waals surface area contributed by atoms with Crippen LogP contribution in [0.15, 0.2) is 36.2 Å². The van der Waals surface area contributed by atoms with Gasteiger partial charge in [0.15, 0.2) is 0 Å². The van der Waals surface area contributed by atoms with Gasteiger partial charge >= 0.3 is 24.4 Å². The lowest BCUT2D eigenvalue weighted by Gasteiger charge is -2.18. The minimum atomic E-state index is -4.49. The predicted octanol–water partition coefficient (Wildman–Crippen LogP) is 6.35. The first kappa shape index (κ1) is 32.7. The maximum atomic E-state index is 13.2. The van der Waals surface area contributed by atoms with Gasteiger partial charge in [-0.1, -0.05) is 25.5 Å². The molecule has 1 aliphatic heterocycles. The number of methoxy groups -OCH3 is 1. The number of amides is 3. The number of carbonyl (C=O) groups excluding carboxylic acids is 3. The number of aromatic nitrogens is 2. The Balaban J connectivity index is 1.96. The Morgan fingerprint density at radius 2 is 1.52 bits per heavy atom. The number of hydrogen-bond donors (Lipinski definition) is 0. The number of imide groups is 1. The second-order valence-corrected chi connectivity index (χ2v) is 9.84. The van der Waals surface area contributed by atoms with Crippen LogP contribution < -0.4 is 0 Å². The molecule has 1 aliphatic rings. The topological polar surface area (TPSA) is 84.7 Å². The largest absolute Gasteiger partial charge is 0.465 e. The Hall–Kier alpha value is -3.84. The van der Waals surface area contributed by atoms with E-state index in [2.05, 4.69) is 4.98 Å². The number of ether oxygens (including phenoxy) is 1. The Labute approximate surface area is 238 Å². The standard InChI is InChI=1S/C28H32F6N4O4/c1-3-4-7-23-35-17-21(38(23)18-19-8-10-20(11-9-19)25(40)42-2)16-22-24(39)37(15-6-13-28(32,33)34)26(41)36(22)14-5-12-27(29,30)31/h8-11,16-17H,3-7,12-15,18H2,1-2H3/b22-16-. The molecule has 0 N–H and O–H groups in total. The SMILES string of the molecule is CCCCc1ncc(/C=C2/C(=O)N(CCCC(F)(F)F)C(=O)N2CCCC(F)(F)F)n1Cc1ccc(C(=O)OC)cc1. The lowest BCUT2D eigenvalue weighted by atomic mass is 10.1. The van der Waals surface area contributed by atoms with Crippen molar-refractivity contribution in [2.45, 2.75) is 70.8 Å². The molecule has 0 atom stereocenters. The van der Waals surface area contributed by atoms with Crippen molar-refractivity contribution in [2.75, 3.05) is 20.2 Å². The fourth-order valence-electron chi connectivity index (χ4n) is 4.47. The van der Waals surface area contributed by atoms with Gasteiger partial charge in [0, 0.05) is 38.9 Å². The molecule has 3 rings (SSSR count). The number of alkyl halides is 6. The molecule has 8 nitrogen and oxygen atoms in total. The number of nitrogens with zero attached hydrogens (tertiary/aromatic N) is 4.